The summed E-state index contributed by atoms with van der Waals surface area (Å²) >= 11 is 0. The number of aliphatic hydroxyl groups is 1. The second kappa shape index (κ2) is 6.18. The molecule has 5 heteroatoms. The number of carbonyl (C=O) groups is 1. The Hall–Kier alpha value is -0.650. The molecule has 2 unspecified atom stereocenters. The molecule has 0 aromatic carbocycles. The van der Waals surface area contributed by atoms with Gasteiger partial charge in [-0.2, -0.15) is 0 Å². The monoisotopic (exact) mass is 230 g/mol. The third-order valence-electron chi connectivity index (χ3n) is 3.24. The summed E-state index contributed by atoms with van der Waals surface area (Å²) in [6, 6.07) is -0.191. The van der Waals surface area contributed by atoms with Crippen LogP contribution < -0.4 is 0 Å². The Bertz CT molecular complexity index is 235. The number of rotatable bonds is 4. The fourth-order valence-electron chi connectivity index (χ4n) is 2.04. The van der Waals surface area contributed by atoms with Crippen molar-refractivity contribution in [3.8, 4) is 0 Å². The SMILES string of the molecule is COCCN1C(=O)C(CO)N(C)CCC1C. The molecule has 16 heavy (non-hydrogen) atoms. The molecule has 1 amide bonds. The summed E-state index contributed by atoms with van der Waals surface area (Å²) in [7, 11) is 3.51. The summed E-state index contributed by atoms with van der Waals surface area (Å²) in [5.74, 6) is 0.00653. The number of nitrogens with zero attached hydrogens (tertiary/aromatic N) is 2. The van der Waals surface area contributed by atoms with Crippen LogP contribution in [-0.2, 0) is 9.53 Å². The fourth-order valence-corrected chi connectivity index (χ4v) is 2.04. The quantitative estimate of drug-likeness (QED) is 0.710. The maximum atomic E-state index is 12.2. The molecule has 0 saturated carbocycles. The lowest BCUT2D eigenvalue weighted by Crippen LogP contribution is -2.49. The number of amides is 1. The van der Waals surface area contributed by atoms with E-state index in [2.05, 4.69) is 0 Å². The van der Waals surface area contributed by atoms with Gasteiger partial charge in [-0.3, -0.25) is 9.69 Å². The summed E-state index contributed by atoms with van der Waals surface area (Å²) in [4.78, 5) is 15.9. The zero-order chi connectivity index (χ0) is 12.1. The van der Waals surface area contributed by atoms with Gasteiger partial charge < -0.3 is 14.7 Å². The number of hydrogen-bond donors (Lipinski definition) is 1. The average molecular weight is 230 g/mol. The topological polar surface area (TPSA) is 53.0 Å². The van der Waals surface area contributed by atoms with Crippen LogP contribution in [0.4, 0.5) is 0 Å². The van der Waals surface area contributed by atoms with Crippen molar-refractivity contribution in [2.45, 2.75) is 25.4 Å². The highest BCUT2D eigenvalue weighted by Gasteiger charge is 2.33. The minimum absolute atomic E-state index is 0.00653. The first-order chi connectivity index (χ1) is 7.61. The maximum Gasteiger partial charge on any atom is 0.242 e. The first-order valence-electron chi connectivity index (χ1n) is 5.72. The fraction of sp³-hybridized carbons (Fsp3) is 0.909. The minimum atomic E-state index is -0.401. The molecule has 1 aliphatic rings. The van der Waals surface area contributed by atoms with Crippen LogP contribution in [-0.4, -0.2) is 73.4 Å². The van der Waals surface area contributed by atoms with Crippen LogP contribution >= 0.6 is 0 Å². The van der Waals surface area contributed by atoms with Crippen molar-refractivity contribution < 1.29 is 14.6 Å². The molecule has 1 heterocycles. The van der Waals surface area contributed by atoms with Gasteiger partial charge in [-0.1, -0.05) is 0 Å². The van der Waals surface area contributed by atoms with E-state index < -0.39 is 6.04 Å². The predicted molar refractivity (Wildman–Crippen MR) is 61.2 cm³/mol. The molecule has 0 aliphatic carbocycles. The lowest BCUT2D eigenvalue weighted by Gasteiger charge is -2.29. The molecule has 1 fully saturated rings. The van der Waals surface area contributed by atoms with Gasteiger partial charge in [0.15, 0.2) is 0 Å². The van der Waals surface area contributed by atoms with Crippen molar-refractivity contribution in [1.29, 1.82) is 0 Å². The van der Waals surface area contributed by atoms with E-state index in [9.17, 15) is 9.90 Å². The Morgan fingerprint density at radius 1 is 1.56 bits per heavy atom. The molecule has 1 N–H and O–H groups in total. The van der Waals surface area contributed by atoms with E-state index in [0.29, 0.717) is 13.2 Å². The predicted octanol–water partition coefficient (Wildman–Crippen LogP) is -0.454. The molecule has 5 nitrogen and oxygen atoms in total. The Labute approximate surface area is 97.0 Å². The molecule has 0 radical (unpaired) electrons. The molecular formula is C11H22N2O3. The van der Waals surface area contributed by atoms with Gasteiger partial charge in [0.1, 0.15) is 6.04 Å². The standard InChI is InChI=1S/C11H22N2O3/c1-9-4-5-12(2)10(8-14)11(15)13(9)6-7-16-3/h9-10,14H,4-8H2,1-3H3. The number of hydrogen-bond acceptors (Lipinski definition) is 4. The molecule has 0 aromatic heterocycles. The van der Waals surface area contributed by atoms with Gasteiger partial charge in [0.25, 0.3) is 0 Å². The number of likely N-dealkylation sites (N-methyl/N-ethyl adjacent to an activating group) is 1. The van der Waals surface area contributed by atoms with Crippen LogP contribution in [0.25, 0.3) is 0 Å². The smallest absolute Gasteiger partial charge is 0.242 e. The first kappa shape index (κ1) is 13.4. The summed E-state index contributed by atoms with van der Waals surface area (Å²) < 4.78 is 5.01. The molecule has 0 aromatic rings. The van der Waals surface area contributed by atoms with Crippen LogP contribution in [0.1, 0.15) is 13.3 Å². The maximum absolute atomic E-state index is 12.2. The van der Waals surface area contributed by atoms with Gasteiger partial charge in [-0.05, 0) is 20.4 Å². The largest absolute Gasteiger partial charge is 0.394 e. The second-order valence-electron chi connectivity index (χ2n) is 4.34. The zero-order valence-electron chi connectivity index (χ0n) is 10.3. The second-order valence-corrected chi connectivity index (χ2v) is 4.34. The summed E-state index contributed by atoms with van der Waals surface area (Å²) in [5.41, 5.74) is 0. The van der Waals surface area contributed by atoms with E-state index >= 15 is 0 Å². The average Bonchev–Trinajstić information content (AvgIpc) is 2.36. The molecule has 1 rings (SSSR count). The third kappa shape index (κ3) is 2.93. The zero-order valence-corrected chi connectivity index (χ0v) is 10.3. The van der Waals surface area contributed by atoms with E-state index in [0.717, 1.165) is 13.0 Å². The molecule has 1 aliphatic heterocycles. The van der Waals surface area contributed by atoms with Crippen LogP contribution in [0.15, 0.2) is 0 Å². The van der Waals surface area contributed by atoms with Crippen LogP contribution in [0.2, 0.25) is 0 Å². The number of ether oxygens (including phenoxy) is 1. The highest BCUT2D eigenvalue weighted by Crippen LogP contribution is 2.15. The van der Waals surface area contributed by atoms with Gasteiger partial charge in [-0.25, -0.2) is 0 Å². The van der Waals surface area contributed by atoms with Crippen molar-refractivity contribution in [3.05, 3.63) is 0 Å². The Kier molecular flexibility index (Phi) is 5.18. The number of aliphatic hydroxyl groups excluding tert-OH is 1. The normalized spacial score (nSPS) is 28.2. The first-order valence-corrected chi connectivity index (χ1v) is 5.72. The van der Waals surface area contributed by atoms with E-state index in [1.165, 1.54) is 0 Å². The third-order valence-corrected chi connectivity index (χ3v) is 3.24. The van der Waals surface area contributed by atoms with Gasteiger partial charge >= 0.3 is 0 Å². The highest BCUT2D eigenvalue weighted by molar-refractivity contribution is 5.82. The van der Waals surface area contributed by atoms with Gasteiger partial charge in [0, 0.05) is 26.2 Å². The van der Waals surface area contributed by atoms with Gasteiger partial charge in [-0.15, -0.1) is 0 Å². The highest BCUT2D eigenvalue weighted by atomic mass is 16.5. The van der Waals surface area contributed by atoms with Crippen molar-refractivity contribution in [2.24, 2.45) is 0 Å². The molecular weight excluding hydrogens is 208 g/mol. The number of carbonyl (C=O) groups excluding carboxylic acids is 1. The Morgan fingerprint density at radius 2 is 2.25 bits per heavy atom. The summed E-state index contributed by atoms with van der Waals surface area (Å²) in [6.07, 6.45) is 0.933. The summed E-state index contributed by atoms with van der Waals surface area (Å²) in [5, 5.41) is 9.27. The Morgan fingerprint density at radius 3 is 2.81 bits per heavy atom. The van der Waals surface area contributed by atoms with Crippen LogP contribution in [0, 0.1) is 0 Å². The molecule has 94 valence electrons. The van der Waals surface area contributed by atoms with Crippen LogP contribution in [0.5, 0.6) is 0 Å². The van der Waals surface area contributed by atoms with E-state index in [-0.39, 0.29) is 18.6 Å². The van der Waals surface area contributed by atoms with Gasteiger partial charge in [0.05, 0.1) is 13.2 Å². The molecule has 0 spiro atoms. The lowest BCUT2D eigenvalue weighted by molar-refractivity contribution is -0.138. The van der Waals surface area contributed by atoms with E-state index in [1.807, 2.05) is 23.8 Å². The minimum Gasteiger partial charge on any atom is -0.394 e. The van der Waals surface area contributed by atoms with Gasteiger partial charge in [0.2, 0.25) is 5.91 Å². The lowest BCUT2D eigenvalue weighted by atomic mass is 10.2. The van der Waals surface area contributed by atoms with E-state index in [1.54, 1.807) is 7.11 Å². The number of methoxy groups -OCH3 is 1. The summed E-state index contributed by atoms with van der Waals surface area (Å²) in [6.45, 7) is 3.90. The van der Waals surface area contributed by atoms with Crippen molar-refractivity contribution >= 4 is 5.91 Å². The van der Waals surface area contributed by atoms with Crippen molar-refractivity contribution in [3.63, 3.8) is 0 Å². The van der Waals surface area contributed by atoms with Crippen LogP contribution in [0.3, 0.4) is 0 Å². The Balaban J connectivity index is 2.74. The van der Waals surface area contributed by atoms with Crippen molar-refractivity contribution in [2.75, 3.05) is 40.5 Å². The molecule has 1 saturated heterocycles. The van der Waals surface area contributed by atoms with Crippen molar-refractivity contribution in [1.82, 2.24) is 9.80 Å². The molecule has 2 atom stereocenters. The molecule has 0 bridgehead atoms. The van der Waals surface area contributed by atoms with E-state index in [4.69, 9.17) is 4.74 Å².